The Kier molecular flexibility index (Phi) is 20.4. The Morgan fingerprint density at radius 3 is 2.23 bits per heavy atom. The van der Waals surface area contributed by atoms with Crippen molar-refractivity contribution in [3.05, 3.63) is 0 Å². The molecule has 0 spiro atoms. The molecule has 8 nitrogen and oxygen atoms in total. The van der Waals surface area contributed by atoms with Gasteiger partial charge in [0.1, 0.15) is 0 Å². The van der Waals surface area contributed by atoms with Crippen LogP contribution in [0, 0.1) is 0 Å². The van der Waals surface area contributed by atoms with Crippen molar-refractivity contribution in [2.75, 3.05) is 52.7 Å². The van der Waals surface area contributed by atoms with Crippen molar-refractivity contribution in [2.45, 2.75) is 90.3 Å². The standard InChI is InChI=1S/C18H40N2O5.C4H8O/c1-4-16(22)14-20-7-10-23-15(3)12-18(24-9-6-19)13-17(5-2)25-11-8-21;1-2-4-3-5-4/h15-18,20-22H,4-14,19H2,1-3H3;4H,2-3H2,1H3. The molecular weight excluding hydrogens is 388 g/mol. The van der Waals surface area contributed by atoms with Crippen LogP contribution in [-0.2, 0) is 18.9 Å². The fourth-order valence-electron chi connectivity index (χ4n) is 2.82. The molecule has 0 amide bonds. The molecule has 0 radical (unpaired) electrons. The minimum absolute atomic E-state index is 0.0251. The van der Waals surface area contributed by atoms with Gasteiger partial charge in [0.05, 0.1) is 63.6 Å². The quantitative estimate of drug-likeness (QED) is 0.177. The van der Waals surface area contributed by atoms with Crippen LogP contribution >= 0.6 is 0 Å². The van der Waals surface area contributed by atoms with Gasteiger partial charge in [0.2, 0.25) is 0 Å². The Bertz CT molecular complexity index is 361. The van der Waals surface area contributed by atoms with Crippen LogP contribution in [0.4, 0.5) is 0 Å². The highest BCUT2D eigenvalue weighted by Crippen LogP contribution is 2.16. The second kappa shape index (κ2) is 20.6. The minimum Gasteiger partial charge on any atom is -0.394 e. The maximum Gasteiger partial charge on any atom is 0.0807 e. The van der Waals surface area contributed by atoms with Crippen molar-refractivity contribution in [3.63, 3.8) is 0 Å². The molecule has 8 heteroatoms. The van der Waals surface area contributed by atoms with E-state index in [1.165, 1.54) is 6.42 Å². The molecule has 1 saturated heterocycles. The van der Waals surface area contributed by atoms with Gasteiger partial charge in [0.25, 0.3) is 0 Å². The van der Waals surface area contributed by atoms with Crippen LogP contribution in [0.2, 0.25) is 0 Å². The molecule has 0 aliphatic carbocycles. The Labute approximate surface area is 183 Å². The monoisotopic (exact) mass is 436 g/mol. The number of hydrogen-bond acceptors (Lipinski definition) is 8. The van der Waals surface area contributed by atoms with E-state index in [2.05, 4.69) is 19.2 Å². The third-order valence-electron chi connectivity index (χ3n) is 4.88. The summed E-state index contributed by atoms with van der Waals surface area (Å²) in [6.45, 7) is 12.5. The largest absolute Gasteiger partial charge is 0.394 e. The van der Waals surface area contributed by atoms with E-state index in [0.717, 1.165) is 32.3 Å². The third-order valence-corrected chi connectivity index (χ3v) is 4.88. The number of nitrogens with two attached hydrogens (primary N) is 1. The van der Waals surface area contributed by atoms with E-state index < -0.39 is 0 Å². The van der Waals surface area contributed by atoms with Crippen molar-refractivity contribution in [3.8, 4) is 0 Å². The molecule has 0 aromatic heterocycles. The van der Waals surface area contributed by atoms with Gasteiger partial charge in [-0.2, -0.15) is 0 Å². The van der Waals surface area contributed by atoms with Crippen molar-refractivity contribution in [2.24, 2.45) is 5.73 Å². The maximum absolute atomic E-state index is 9.48. The van der Waals surface area contributed by atoms with Crippen LogP contribution in [-0.4, -0.2) is 93.4 Å². The summed E-state index contributed by atoms with van der Waals surface area (Å²) in [5, 5.41) is 21.6. The van der Waals surface area contributed by atoms with Gasteiger partial charge in [-0.1, -0.05) is 20.8 Å². The van der Waals surface area contributed by atoms with Gasteiger partial charge in [0.15, 0.2) is 0 Å². The van der Waals surface area contributed by atoms with Crippen LogP contribution in [0.15, 0.2) is 0 Å². The lowest BCUT2D eigenvalue weighted by Crippen LogP contribution is -2.32. The second-order valence-corrected chi connectivity index (χ2v) is 7.69. The molecule has 0 bridgehead atoms. The maximum atomic E-state index is 9.48. The first kappa shape index (κ1) is 29.7. The summed E-state index contributed by atoms with van der Waals surface area (Å²) in [6.07, 6.45) is 4.86. The number of epoxide rings is 1. The Morgan fingerprint density at radius 1 is 1.03 bits per heavy atom. The zero-order valence-corrected chi connectivity index (χ0v) is 19.7. The van der Waals surface area contributed by atoms with Gasteiger partial charge in [0, 0.05) is 19.6 Å². The van der Waals surface area contributed by atoms with E-state index >= 15 is 0 Å². The highest BCUT2D eigenvalue weighted by molar-refractivity contribution is 4.70. The predicted octanol–water partition coefficient (Wildman–Crippen LogP) is 1.46. The normalized spacial score (nSPS) is 19.5. The molecule has 30 heavy (non-hydrogen) atoms. The molecule has 5 atom stereocenters. The first-order valence-electron chi connectivity index (χ1n) is 11.7. The van der Waals surface area contributed by atoms with Crippen LogP contribution in [0.5, 0.6) is 0 Å². The lowest BCUT2D eigenvalue weighted by atomic mass is 10.0. The topological polar surface area (TPSA) is 119 Å². The van der Waals surface area contributed by atoms with Crippen molar-refractivity contribution < 1.29 is 29.2 Å². The molecule has 1 fully saturated rings. The lowest BCUT2D eigenvalue weighted by Gasteiger charge is -2.26. The van der Waals surface area contributed by atoms with Crippen LogP contribution in [0.25, 0.3) is 0 Å². The molecule has 5 unspecified atom stereocenters. The first-order valence-corrected chi connectivity index (χ1v) is 11.7. The Hall–Kier alpha value is -0.320. The van der Waals surface area contributed by atoms with E-state index in [9.17, 15) is 5.11 Å². The zero-order chi connectivity index (χ0) is 22.6. The minimum atomic E-state index is -0.295. The molecule has 182 valence electrons. The highest BCUT2D eigenvalue weighted by atomic mass is 16.6. The highest BCUT2D eigenvalue weighted by Gasteiger charge is 2.20. The van der Waals surface area contributed by atoms with Gasteiger partial charge in [-0.05, 0) is 39.0 Å². The summed E-state index contributed by atoms with van der Waals surface area (Å²) in [7, 11) is 0. The van der Waals surface area contributed by atoms with Gasteiger partial charge >= 0.3 is 0 Å². The van der Waals surface area contributed by atoms with Crippen molar-refractivity contribution in [1.82, 2.24) is 5.32 Å². The summed E-state index contributed by atoms with van der Waals surface area (Å²) in [4.78, 5) is 0. The first-order chi connectivity index (χ1) is 14.5. The molecule has 1 aliphatic rings. The molecule has 1 aliphatic heterocycles. The van der Waals surface area contributed by atoms with E-state index in [-0.39, 0.29) is 31.0 Å². The number of aliphatic hydroxyl groups is 2. The number of ether oxygens (including phenoxy) is 4. The Balaban J connectivity index is 0.00000145. The number of rotatable bonds is 19. The molecule has 0 aromatic rings. The lowest BCUT2D eigenvalue weighted by molar-refractivity contribution is -0.0485. The van der Waals surface area contributed by atoms with Crippen LogP contribution < -0.4 is 11.1 Å². The fraction of sp³-hybridized carbons (Fsp3) is 1.00. The summed E-state index contributed by atoms with van der Waals surface area (Å²) in [5.41, 5.74) is 5.55. The van der Waals surface area contributed by atoms with Crippen molar-refractivity contribution in [1.29, 1.82) is 0 Å². The fourth-order valence-corrected chi connectivity index (χ4v) is 2.82. The molecule has 0 aromatic carbocycles. The zero-order valence-electron chi connectivity index (χ0n) is 19.7. The van der Waals surface area contributed by atoms with Crippen molar-refractivity contribution >= 4 is 0 Å². The van der Waals surface area contributed by atoms with Gasteiger partial charge in [-0.3, -0.25) is 0 Å². The number of aliphatic hydroxyl groups excluding tert-OH is 2. The van der Waals surface area contributed by atoms with E-state index in [0.29, 0.717) is 45.6 Å². The third kappa shape index (κ3) is 18.4. The van der Waals surface area contributed by atoms with E-state index in [1.54, 1.807) is 0 Å². The SMILES string of the molecule is CCC(O)CNCCOC(C)CC(CC(CC)OCCO)OCCN.CCC1CO1. The van der Waals surface area contributed by atoms with E-state index in [4.69, 9.17) is 29.8 Å². The number of nitrogens with one attached hydrogen (secondary N) is 1. The molecule has 1 heterocycles. The summed E-state index contributed by atoms with van der Waals surface area (Å²) < 4.78 is 22.2. The average Bonchev–Trinajstić information content (AvgIpc) is 3.59. The van der Waals surface area contributed by atoms with E-state index in [1.807, 2.05) is 13.8 Å². The molecule has 0 saturated carbocycles. The summed E-state index contributed by atoms with van der Waals surface area (Å²) in [5.74, 6) is 0. The molecule has 5 N–H and O–H groups in total. The average molecular weight is 437 g/mol. The summed E-state index contributed by atoms with van der Waals surface area (Å²) >= 11 is 0. The smallest absolute Gasteiger partial charge is 0.0807 e. The Morgan fingerprint density at radius 2 is 1.73 bits per heavy atom. The van der Waals surface area contributed by atoms with Gasteiger partial charge in [-0.25, -0.2) is 0 Å². The molecule has 1 rings (SSSR count). The summed E-state index contributed by atoms with van der Waals surface area (Å²) in [6, 6.07) is 0. The van der Waals surface area contributed by atoms with Gasteiger partial charge < -0.3 is 40.2 Å². The van der Waals surface area contributed by atoms with Gasteiger partial charge in [-0.15, -0.1) is 0 Å². The van der Waals surface area contributed by atoms with Crippen LogP contribution in [0.3, 0.4) is 0 Å². The predicted molar refractivity (Wildman–Crippen MR) is 120 cm³/mol. The molecular formula is C22H48N2O6. The number of hydrogen-bond donors (Lipinski definition) is 4. The van der Waals surface area contributed by atoms with Crippen LogP contribution in [0.1, 0.15) is 59.8 Å². The second-order valence-electron chi connectivity index (χ2n) is 7.69.